The first kappa shape index (κ1) is 21.4. The Morgan fingerprint density at radius 1 is 1.12 bits per heavy atom. The van der Waals surface area contributed by atoms with Crippen LogP contribution in [0.2, 0.25) is 0 Å². The van der Waals surface area contributed by atoms with Crippen molar-refractivity contribution in [2.24, 2.45) is 17.8 Å². The Hall–Kier alpha value is -3.48. The number of ether oxygens (including phenoxy) is 1. The van der Waals surface area contributed by atoms with E-state index in [-0.39, 0.29) is 35.6 Å². The molecule has 1 saturated heterocycles. The quantitative estimate of drug-likeness (QED) is 0.434. The van der Waals surface area contributed by atoms with E-state index in [1.54, 1.807) is 26.0 Å². The summed E-state index contributed by atoms with van der Waals surface area (Å²) in [5, 5.41) is 10.9. The molecule has 0 radical (unpaired) electrons. The zero-order valence-corrected chi connectivity index (χ0v) is 18.8. The second-order valence-electron chi connectivity index (χ2n) is 9.04. The van der Waals surface area contributed by atoms with E-state index in [4.69, 9.17) is 4.74 Å². The highest BCUT2D eigenvalue weighted by molar-refractivity contribution is 6.24. The van der Waals surface area contributed by atoms with E-state index >= 15 is 0 Å². The lowest BCUT2D eigenvalue weighted by atomic mass is 9.59. The first-order chi connectivity index (χ1) is 15.8. The fourth-order valence-electron chi connectivity index (χ4n) is 6.07. The van der Waals surface area contributed by atoms with Crippen LogP contribution in [-0.4, -0.2) is 47.0 Å². The van der Waals surface area contributed by atoms with Crippen LogP contribution in [0.4, 0.5) is 0 Å². The highest BCUT2D eigenvalue weighted by Gasteiger charge is 2.56. The number of hydrogen-bond acceptors (Lipinski definition) is 6. The molecule has 33 heavy (non-hydrogen) atoms. The summed E-state index contributed by atoms with van der Waals surface area (Å²) < 4.78 is 5.54. The second-order valence-corrected chi connectivity index (χ2v) is 9.04. The zero-order chi connectivity index (χ0) is 23.6. The molecule has 1 aliphatic heterocycles. The molecular weight excluding hydrogens is 422 g/mol. The third-order valence-electron chi connectivity index (χ3n) is 7.52. The van der Waals surface area contributed by atoms with Crippen molar-refractivity contribution in [2.45, 2.75) is 32.6 Å². The van der Waals surface area contributed by atoms with E-state index in [0.717, 1.165) is 5.57 Å². The Balaban J connectivity index is 1.75. The number of phenolic OH excluding ortho intramolecular Hbond substituents is 1. The average molecular weight is 447 g/mol. The van der Waals surface area contributed by atoms with Gasteiger partial charge in [-0.25, -0.2) is 0 Å². The molecule has 1 fully saturated rings. The molecule has 0 aromatic heterocycles. The molecule has 4 unspecified atom stereocenters. The van der Waals surface area contributed by atoms with Crippen molar-refractivity contribution in [1.29, 1.82) is 0 Å². The molecule has 4 aliphatic rings. The van der Waals surface area contributed by atoms with E-state index in [9.17, 15) is 24.3 Å². The van der Waals surface area contributed by atoms with Gasteiger partial charge in [-0.15, -0.1) is 0 Å². The number of hydrogen-bond donors (Lipinski definition) is 1. The summed E-state index contributed by atoms with van der Waals surface area (Å²) in [4.78, 5) is 53.9. The van der Waals surface area contributed by atoms with E-state index in [1.165, 1.54) is 24.2 Å². The van der Waals surface area contributed by atoms with E-state index in [1.807, 2.05) is 6.08 Å². The molecule has 170 valence electrons. The van der Waals surface area contributed by atoms with Crippen LogP contribution in [-0.2, 0) is 19.2 Å². The van der Waals surface area contributed by atoms with Gasteiger partial charge in [0.25, 0.3) is 0 Å². The molecule has 1 heterocycles. The van der Waals surface area contributed by atoms with Gasteiger partial charge in [0.2, 0.25) is 11.8 Å². The van der Waals surface area contributed by atoms with Gasteiger partial charge in [-0.05, 0) is 50.8 Å². The van der Waals surface area contributed by atoms with Crippen LogP contribution in [0, 0.1) is 17.8 Å². The molecule has 0 spiro atoms. The number of allylic oxidation sites excluding steroid dienone is 6. The summed E-state index contributed by atoms with van der Waals surface area (Å²) in [6.07, 6.45) is 3.88. The molecule has 1 N–H and O–H groups in total. The van der Waals surface area contributed by atoms with Gasteiger partial charge in [-0.3, -0.25) is 24.1 Å². The van der Waals surface area contributed by atoms with Crippen LogP contribution in [0.25, 0.3) is 0 Å². The van der Waals surface area contributed by atoms with Gasteiger partial charge < -0.3 is 9.84 Å². The Morgan fingerprint density at radius 2 is 1.88 bits per heavy atom. The predicted molar refractivity (Wildman–Crippen MR) is 118 cm³/mol. The topological polar surface area (TPSA) is 101 Å². The maximum absolute atomic E-state index is 13.4. The molecule has 0 saturated carbocycles. The minimum absolute atomic E-state index is 0.0497. The van der Waals surface area contributed by atoms with Crippen molar-refractivity contribution in [3.8, 4) is 11.5 Å². The average Bonchev–Trinajstić information content (AvgIpc) is 3.05. The monoisotopic (exact) mass is 447 g/mol. The molecule has 0 bridgehead atoms. The lowest BCUT2D eigenvalue weighted by Gasteiger charge is -2.42. The highest BCUT2D eigenvalue weighted by Crippen LogP contribution is 2.57. The molecule has 4 atom stereocenters. The van der Waals surface area contributed by atoms with Gasteiger partial charge in [0.1, 0.15) is 11.5 Å². The van der Waals surface area contributed by atoms with Crippen molar-refractivity contribution in [2.75, 3.05) is 13.7 Å². The van der Waals surface area contributed by atoms with Gasteiger partial charge in [0.15, 0.2) is 11.6 Å². The minimum Gasteiger partial charge on any atom is -0.507 e. The number of rotatable bonds is 3. The van der Waals surface area contributed by atoms with Gasteiger partial charge in [0.05, 0.1) is 18.9 Å². The predicted octanol–water partition coefficient (Wildman–Crippen LogP) is 2.85. The Labute approximate surface area is 191 Å². The number of fused-ring (bicyclic) bond motifs is 3. The standard InChI is InChI=1S/C26H25NO6/c1-4-27-25(31)14-9-8-13-15(20(14)26(27)32)11-16-18(29)10-12(2)24(30)22(16)21(13)23-17(28)6-5-7-19(23)33-3/h5-8,10,14-15,20-21,28H,4,9,11H2,1-3H3. The summed E-state index contributed by atoms with van der Waals surface area (Å²) in [5.74, 6) is -2.75. The summed E-state index contributed by atoms with van der Waals surface area (Å²) in [6.45, 7) is 3.69. The number of benzene rings is 1. The largest absolute Gasteiger partial charge is 0.507 e. The maximum atomic E-state index is 13.4. The van der Waals surface area contributed by atoms with E-state index in [2.05, 4.69) is 0 Å². The Kier molecular flexibility index (Phi) is 4.88. The van der Waals surface area contributed by atoms with Crippen molar-refractivity contribution in [3.05, 3.63) is 58.2 Å². The molecule has 2 amide bonds. The number of imide groups is 1. The van der Waals surface area contributed by atoms with E-state index in [0.29, 0.717) is 41.0 Å². The van der Waals surface area contributed by atoms with E-state index < -0.39 is 23.7 Å². The van der Waals surface area contributed by atoms with Crippen LogP contribution in [0.5, 0.6) is 11.5 Å². The number of aromatic hydroxyl groups is 1. The number of ketones is 2. The fraction of sp³-hybridized carbons (Fsp3) is 0.385. The number of Topliss-reactive ketones (excluding diaryl/α,β-unsaturated/α-hetero) is 1. The van der Waals surface area contributed by atoms with Crippen molar-refractivity contribution < 1.29 is 29.0 Å². The third-order valence-corrected chi connectivity index (χ3v) is 7.52. The number of likely N-dealkylation sites (tertiary alicyclic amines) is 1. The second kappa shape index (κ2) is 7.54. The summed E-state index contributed by atoms with van der Waals surface area (Å²) >= 11 is 0. The fourth-order valence-corrected chi connectivity index (χ4v) is 6.07. The van der Waals surface area contributed by atoms with Crippen LogP contribution < -0.4 is 4.74 Å². The van der Waals surface area contributed by atoms with Gasteiger partial charge in [-0.1, -0.05) is 17.7 Å². The van der Waals surface area contributed by atoms with Gasteiger partial charge in [0, 0.05) is 34.7 Å². The number of carbonyl (C=O) groups is 4. The lowest BCUT2D eigenvalue weighted by Crippen LogP contribution is -2.39. The Bertz CT molecular complexity index is 1220. The smallest absolute Gasteiger partial charge is 0.233 e. The summed E-state index contributed by atoms with van der Waals surface area (Å²) in [7, 11) is 1.48. The first-order valence-corrected chi connectivity index (χ1v) is 11.2. The summed E-state index contributed by atoms with van der Waals surface area (Å²) in [6, 6.07) is 4.87. The van der Waals surface area contributed by atoms with Crippen LogP contribution in [0.15, 0.2) is 52.6 Å². The molecule has 1 aromatic carbocycles. The number of phenols is 1. The SMILES string of the molecule is CCN1C(=O)C2CC=C3C(c4c(O)cccc4OC)C4=C(CC3C2C1=O)C(=O)C=C(C)C4=O. The van der Waals surface area contributed by atoms with Crippen molar-refractivity contribution >= 4 is 23.4 Å². The van der Waals surface area contributed by atoms with Crippen LogP contribution in [0.1, 0.15) is 38.2 Å². The molecule has 3 aliphatic carbocycles. The zero-order valence-electron chi connectivity index (χ0n) is 18.8. The molecule has 1 aromatic rings. The van der Waals surface area contributed by atoms with Crippen molar-refractivity contribution in [1.82, 2.24) is 4.90 Å². The first-order valence-electron chi connectivity index (χ1n) is 11.2. The van der Waals surface area contributed by atoms with Gasteiger partial charge in [-0.2, -0.15) is 0 Å². The number of carbonyl (C=O) groups excluding carboxylic acids is 4. The molecular formula is C26H25NO6. The van der Waals surface area contributed by atoms with Gasteiger partial charge >= 0.3 is 0 Å². The van der Waals surface area contributed by atoms with Crippen LogP contribution >= 0.6 is 0 Å². The normalized spacial score (nSPS) is 28.9. The lowest BCUT2D eigenvalue weighted by molar-refractivity contribution is -0.139. The molecule has 7 nitrogen and oxygen atoms in total. The minimum atomic E-state index is -0.727. The number of nitrogens with zero attached hydrogens (tertiary/aromatic N) is 1. The van der Waals surface area contributed by atoms with Crippen LogP contribution in [0.3, 0.4) is 0 Å². The molecule has 5 rings (SSSR count). The van der Waals surface area contributed by atoms with Crippen molar-refractivity contribution in [3.63, 3.8) is 0 Å². The maximum Gasteiger partial charge on any atom is 0.233 e. The highest BCUT2D eigenvalue weighted by atomic mass is 16.5. The Morgan fingerprint density at radius 3 is 2.58 bits per heavy atom. The third kappa shape index (κ3) is 2.88. The number of methoxy groups -OCH3 is 1. The molecule has 7 heteroatoms. The number of amides is 2. The summed E-state index contributed by atoms with van der Waals surface area (Å²) in [5.41, 5.74) is 2.24.